The highest BCUT2D eigenvalue weighted by molar-refractivity contribution is 9.10. The van der Waals surface area contributed by atoms with Crippen molar-refractivity contribution in [2.75, 3.05) is 36.5 Å². The zero-order valence-corrected chi connectivity index (χ0v) is 16.1. The number of anilines is 2. The first kappa shape index (κ1) is 17.4. The molecule has 0 unspecified atom stereocenters. The molecule has 1 N–H and O–H groups in total. The van der Waals surface area contributed by atoms with Gasteiger partial charge in [-0.1, -0.05) is 27.3 Å². The van der Waals surface area contributed by atoms with Crippen LogP contribution in [0.5, 0.6) is 0 Å². The Kier molecular flexibility index (Phi) is 4.88. The maximum absolute atomic E-state index is 13.9. The Morgan fingerprint density at radius 2 is 2.04 bits per heavy atom. The van der Waals surface area contributed by atoms with Crippen LogP contribution in [-0.4, -0.2) is 37.2 Å². The molecule has 2 heterocycles. The summed E-state index contributed by atoms with van der Waals surface area (Å²) < 4.78 is 20.9. The minimum atomic E-state index is -0.556. The van der Waals surface area contributed by atoms with Gasteiger partial charge in [0.25, 0.3) is 5.91 Å². The molecule has 134 valence electrons. The van der Waals surface area contributed by atoms with Crippen molar-refractivity contribution in [3.8, 4) is 0 Å². The SMILES string of the molecule is O=C(Nc1ccc2nc(N3CCOCC3)sc2c1)c1cc(Br)ccc1F. The highest BCUT2D eigenvalue weighted by atomic mass is 79.9. The molecule has 8 heteroatoms. The summed E-state index contributed by atoms with van der Waals surface area (Å²) in [6.45, 7) is 3.06. The maximum atomic E-state index is 13.9. The molecule has 4 rings (SSSR count). The van der Waals surface area contributed by atoms with Gasteiger partial charge in [-0.05, 0) is 36.4 Å². The molecule has 1 amide bonds. The third-order valence-corrected chi connectivity index (χ3v) is 5.66. The molecule has 0 bridgehead atoms. The number of thiazole rings is 1. The summed E-state index contributed by atoms with van der Waals surface area (Å²) in [4.78, 5) is 19.2. The molecule has 0 radical (unpaired) electrons. The molecule has 1 aromatic heterocycles. The number of benzene rings is 2. The van der Waals surface area contributed by atoms with Crippen molar-refractivity contribution in [2.24, 2.45) is 0 Å². The van der Waals surface area contributed by atoms with Gasteiger partial charge in [-0.25, -0.2) is 9.37 Å². The van der Waals surface area contributed by atoms with Crippen LogP contribution in [0.25, 0.3) is 10.2 Å². The van der Waals surface area contributed by atoms with E-state index in [9.17, 15) is 9.18 Å². The van der Waals surface area contributed by atoms with Gasteiger partial charge in [-0.15, -0.1) is 0 Å². The highest BCUT2D eigenvalue weighted by Gasteiger charge is 2.16. The molecule has 1 aliphatic rings. The number of nitrogens with zero attached hydrogens (tertiary/aromatic N) is 2. The lowest BCUT2D eigenvalue weighted by atomic mass is 10.2. The predicted molar refractivity (Wildman–Crippen MR) is 105 cm³/mol. The fourth-order valence-corrected chi connectivity index (χ4v) is 4.17. The second kappa shape index (κ2) is 7.30. The van der Waals surface area contributed by atoms with Crippen LogP contribution in [0.3, 0.4) is 0 Å². The average molecular weight is 436 g/mol. The minimum Gasteiger partial charge on any atom is -0.378 e. The van der Waals surface area contributed by atoms with Crippen LogP contribution >= 0.6 is 27.3 Å². The number of morpholine rings is 1. The van der Waals surface area contributed by atoms with Crippen molar-refractivity contribution in [1.82, 2.24) is 4.98 Å². The van der Waals surface area contributed by atoms with Gasteiger partial charge in [0, 0.05) is 23.2 Å². The number of fused-ring (bicyclic) bond motifs is 1. The smallest absolute Gasteiger partial charge is 0.258 e. The van der Waals surface area contributed by atoms with Gasteiger partial charge in [0.05, 0.1) is 29.0 Å². The van der Waals surface area contributed by atoms with E-state index in [1.165, 1.54) is 12.1 Å². The zero-order chi connectivity index (χ0) is 18.1. The van der Waals surface area contributed by atoms with E-state index in [-0.39, 0.29) is 5.56 Å². The van der Waals surface area contributed by atoms with Crippen molar-refractivity contribution >= 4 is 54.2 Å². The Morgan fingerprint density at radius 1 is 1.23 bits per heavy atom. The summed E-state index contributed by atoms with van der Waals surface area (Å²) in [6.07, 6.45) is 0. The number of amides is 1. The predicted octanol–water partition coefficient (Wildman–Crippen LogP) is 4.29. The first-order valence-electron chi connectivity index (χ1n) is 8.10. The second-order valence-corrected chi connectivity index (χ2v) is 7.78. The average Bonchev–Trinajstić information content (AvgIpc) is 3.08. The quantitative estimate of drug-likeness (QED) is 0.666. The number of halogens is 2. The lowest BCUT2D eigenvalue weighted by Gasteiger charge is -2.25. The van der Waals surface area contributed by atoms with Gasteiger partial charge in [-0.2, -0.15) is 0 Å². The zero-order valence-electron chi connectivity index (χ0n) is 13.7. The molecular weight excluding hydrogens is 421 g/mol. The lowest BCUT2D eigenvalue weighted by molar-refractivity contribution is 0.102. The molecule has 1 saturated heterocycles. The summed E-state index contributed by atoms with van der Waals surface area (Å²) in [6, 6.07) is 9.79. The van der Waals surface area contributed by atoms with Crippen LogP contribution in [0.1, 0.15) is 10.4 Å². The molecular formula is C18H15BrFN3O2S. The molecule has 26 heavy (non-hydrogen) atoms. The van der Waals surface area contributed by atoms with Gasteiger partial charge in [0.2, 0.25) is 0 Å². The van der Waals surface area contributed by atoms with E-state index in [1.807, 2.05) is 12.1 Å². The molecule has 1 fully saturated rings. The summed E-state index contributed by atoms with van der Waals surface area (Å²) in [7, 11) is 0. The molecule has 0 aliphatic carbocycles. The van der Waals surface area contributed by atoms with Gasteiger partial charge < -0.3 is 15.0 Å². The first-order chi connectivity index (χ1) is 12.6. The molecule has 5 nitrogen and oxygen atoms in total. The van der Waals surface area contributed by atoms with E-state index in [0.29, 0.717) is 23.4 Å². The van der Waals surface area contributed by atoms with E-state index in [0.717, 1.165) is 28.4 Å². The van der Waals surface area contributed by atoms with E-state index in [1.54, 1.807) is 23.5 Å². The van der Waals surface area contributed by atoms with Crippen LogP contribution in [0.15, 0.2) is 40.9 Å². The summed E-state index contributed by atoms with van der Waals surface area (Å²) >= 11 is 4.83. The minimum absolute atomic E-state index is 0.00205. The Hall–Kier alpha value is -2.03. The molecule has 2 aromatic carbocycles. The van der Waals surface area contributed by atoms with Crippen LogP contribution in [0.4, 0.5) is 15.2 Å². The summed E-state index contributed by atoms with van der Waals surface area (Å²) in [5, 5.41) is 3.70. The number of nitrogens with one attached hydrogen (secondary N) is 1. The molecule has 0 atom stereocenters. The monoisotopic (exact) mass is 435 g/mol. The Bertz CT molecular complexity index is 972. The molecule has 1 aliphatic heterocycles. The number of carbonyl (C=O) groups is 1. The van der Waals surface area contributed by atoms with E-state index in [4.69, 9.17) is 4.74 Å². The number of hydrogen-bond acceptors (Lipinski definition) is 5. The summed E-state index contributed by atoms with van der Waals surface area (Å²) in [5.41, 5.74) is 1.49. The van der Waals surface area contributed by atoms with Gasteiger partial charge in [0.1, 0.15) is 5.82 Å². The van der Waals surface area contributed by atoms with E-state index >= 15 is 0 Å². The normalized spacial score (nSPS) is 14.6. The van der Waals surface area contributed by atoms with Crippen molar-refractivity contribution in [3.05, 3.63) is 52.3 Å². The largest absolute Gasteiger partial charge is 0.378 e. The van der Waals surface area contributed by atoms with Crippen molar-refractivity contribution < 1.29 is 13.9 Å². The maximum Gasteiger partial charge on any atom is 0.258 e. The van der Waals surface area contributed by atoms with E-state index in [2.05, 4.69) is 31.1 Å². The summed E-state index contributed by atoms with van der Waals surface area (Å²) in [5.74, 6) is -1.04. The lowest BCUT2D eigenvalue weighted by Crippen LogP contribution is -2.36. The third kappa shape index (κ3) is 3.58. The van der Waals surface area contributed by atoms with Crippen LogP contribution < -0.4 is 10.2 Å². The van der Waals surface area contributed by atoms with Crippen LogP contribution in [0.2, 0.25) is 0 Å². The Balaban J connectivity index is 1.57. The number of ether oxygens (including phenoxy) is 1. The Labute approximate surface area is 161 Å². The van der Waals surface area contributed by atoms with Crippen molar-refractivity contribution in [3.63, 3.8) is 0 Å². The van der Waals surface area contributed by atoms with Crippen molar-refractivity contribution in [2.45, 2.75) is 0 Å². The number of hydrogen-bond donors (Lipinski definition) is 1. The van der Waals surface area contributed by atoms with E-state index < -0.39 is 11.7 Å². The molecule has 0 saturated carbocycles. The molecule has 0 spiro atoms. The van der Waals surface area contributed by atoms with Gasteiger partial charge in [-0.3, -0.25) is 4.79 Å². The number of aromatic nitrogens is 1. The topological polar surface area (TPSA) is 54.5 Å². The van der Waals surface area contributed by atoms with Crippen LogP contribution in [0, 0.1) is 5.82 Å². The fraction of sp³-hybridized carbons (Fsp3) is 0.222. The standard InChI is InChI=1S/C18H15BrFN3O2S/c19-11-1-3-14(20)13(9-11)17(24)21-12-2-4-15-16(10-12)26-18(22-15)23-5-7-25-8-6-23/h1-4,9-10H,5-8H2,(H,21,24). The second-order valence-electron chi connectivity index (χ2n) is 5.86. The van der Waals surface area contributed by atoms with Gasteiger partial charge in [0.15, 0.2) is 5.13 Å². The third-order valence-electron chi connectivity index (χ3n) is 4.09. The number of carbonyl (C=O) groups excluding carboxylic acids is 1. The first-order valence-corrected chi connectivity index (χ1v) is 9.71. The number of rotatable bonds is 3. The highest BCUT2D eigenvalue weighted by Crippen LogP contribution is 2.31. The van der Waals surface area contributed by atoms with Crippen molar-refractivity contribution in [1.29, 1.82) is 0 Å². The fourth-order valence-electron chi connectivity index (χ4n) is 2.75. The Morgan fingerprint density at radius 3 is 2.85 bits per heavy atom. The van der Waals surface area contributed by atoms with Crippen LogP contribution in [-0.2, 0) is 4.74 Å². The molecule has 3 aromatic rings. The van der Waals surface area contributed by atoms with Gasteiger partial charge >= 0.3 is 0 Å².